The fraction of sp³-hybridized carbons (Fsp3) is 0.588. The molecule has 0 aliphatic heterocycles. The molecular weight excluding hydrogens is 326 g/mol. The number of nitrogens with zero attached hydrogens (tertiary/aromatic N) is 3. The van der Waals surface area contributed by atoms with Crippen molar-refractivity contribution >= 4 is 22.8 Å². The van der Waals surface area contributed by atoms with Crippen LogP contribution in [0.2, 0.25) is 0 Å². The van der Waals surface area contributed by atoms with Crippen LogP contribution in [0.1, 0.15) is 38.6 Å². The van der Waals surface area contributed by atoms with E-state index in [9.17, 15) is 4.79 Å². The average Bonchev–Trinajstić information content (AvgIpc) is 3.12. The molecule has 2 aromatic rings. The molecule has 0 radical (unpaired) electrons. The van der Waals surface area contributed by atoms with Crippen LogP contribution in [-0.4, -0.2) is 40.6 Å². The van der Waals surface area contributed by atoms with Gasteiger partial charge in [-0.3, -0.25) is 9.36 Å². The van der Waals surface area contributed by atoms with Gasteiger partial charge in [0, 0.05) is 24.2 Å². The van der Waals surface area contributed by atoms with Gasteiger partial charge in [-0.2, -0.15) is 0 Å². The first-order valence-corrected chi connectivity index (χ1v) is 9.64. The topological polar surface area (TPSA) is 66.2 Å². The van der Waals surface area contributed by atoms with E-state index in [0.717, 1.165) is 31.1 Å². The van der Waals surface area contributed by atoms with E-state index >= 15 is 0 Å². The van der Waals surface area contributed by atoms with Crippen molar-refractivity contribution in [3.05, 3.63) is 22.6 Å². The minimum atomic E-state index is -0.100. The van der Waals surface area contributed by atoms with Crippen molar-refractivity contribution in [1.29, 1.82) is 0 Å². The van der Waals surface area contributed by atoms with E-state index in [-0.39, 0.29) is 11.6 Å². The lowest BCUT2D eigenvalue weighted by molar-refractivity contribution is 0.109. The predicted octanol–water partition coefficient (Wildman–Crippen LogP) is 3.04. The molecule has 0 amide bonds. The molecule has 2 heterocycles. The molecule has 0 atom stereocenters. The third-order valence-corrected chi connectivity index (χ3v) is 4.84. The maximum absolute atomic E-state index is 13.0. The summed E-state index contributed by atoms with van der Waals surface area (Å²) < 4.78 is 12.8. The molecule has 6 nitrogen and oxygen atoms in total. The minimum Gasteiger partial charge on any atom is -0.485 e. The molecule has 1 fully saturated rings. The van der Waals surface area contributed by atoms with Crippen LogP contribution in [0.4, 0.5) is 0 Å². The zero-order valence-electron chi connectivity index (χ0n) is 14.2. The second kappa shape index (κ2) is 7.98. The van der Waals surface area contributed by atoms with Crippen LogP contribution in [-0.2, 0) is 4.74 Å². The monoisotopic (exact) mass is 349 g/mol. The predicted molar refractivity (Wildman–Crippen MR) is 95.1 cm³/mol. The largest absolute Gasteiger partial charge is 0.485 e. The molecule has 7 heteroatoms. The summed E-state index contributed by atoms with van der Waals surface area (Å²) in [7, 11) is 0. The zero-order valence-corrected chi connectivity index (χ0v) is 15.0. The lowest BCUT2D eigenvalue weighted by Gasteiger charge is -2.18. The van der Waals surface area contributed by atoms with E-state index in [0.29, 0.717) is 36.4 Å². The van der Waals surface area contributed by atoms with Gasteiger partial charge in [-0.05, 0) is 32.1 Å². The molecule has 0 saturated heterocycles. The molecule has 2 aromatic heterocycles. The third kappa shape index (κ3) is 3.57. The Bertz CT molecular complexity index is 757. The van der Waals surface area contributed by atoms with E-state index in [1.165, 1.54) is 11.8 Å². The van der Waals surface area contributed by atoms with Gasteiger partial charge in [0.2, 0.25) is 0 Å². The van der Waals surface area contributed by atoms with Gasteiger partial charge in [0.05, 0.1) is 6.61 Å². The van der Waals surface area contributed by atoms with E-state index in [4.69, 9.17) is 9.47 Å². The summed E-state index contributed by atoms with van der Waals surface area (Å²) in [6.07, 6.45) is 8.02. The van der Waals surface area contributed by atoms with E-state index in [1.54, 1.807) is 12.3 Å². The fourth-order valence-electron chi connectivity index (χ4n) is 3.14. The van der Waals surface area contributed by atoms with Crippen LogP contribution in [0.3, 0.4) is 0 Å². The molecule has 0 aromatic carbocycles. The Balaban J connectivity index is 2.03. The van der Waals surface area contributed by atoms with Crippen molar-refractivity contribution in [3.63, 3.8) is 0 Å². The highest BCUT2D eigenvalue weighted by Crippen LogP contribution is 2.31. The molecular formula is C17H23N3O3S. The summed E-state index contributed by atoms with van der Waals surface area (Å²) in [6.45, 7) is 3.41. The van der Waals surface area contributed by atoms with Crippen molar-refractivity contribution in [2.45, 2.75) is 43.8 Å². The van der Waals surface area contributed by atoms with Crippen LogP contribution >= 0.6 is 11.8 Å². The number of thioether (sulfide) groups is 1. The van der Waals surface area contributed by atoms with Gasteiger partial charge >= 0.3 is 0 Å². The SMILES string of the molecule is CCOCCOc1cc2cnc(SC)nc2n(C2CCCC2)c1=O. The number of hydrogen-bond acceptors (Lipinski definition) is 6. The van der Waals surface area contributed by atoms with Crippen molar-refractivity contribution in [2.24, 2.45) is 0 Å². The van der Waals surface area contributed by atoms with Gasteiger partial charge in [0.15, 0.2) is 10.9 Å². The molecule has 0 spiro atoms. The summed E-state index contributed by atoms with van der Waals surface area (Å²) in [6, 6.07) is 1.94. The molecule has 130 valence electrons. The van der Waals surface area contributed by atoms with Crippen LogP contribution in [0.15, 0.2) is 22.2 Å². The van der Waals surface area contributed by atoms with Crippen LogP contribution < -0.4 is 10.3 Å². The first kappa shape index (κ1) is 17.2. The average molecular weight is 349 g/mol. The van der Waals surface area contributed by atoms with Gasteiger partial charge in [-0.25, -0.2) is 9.97 Å². The molecule has 0 unspecified atom stereocenters. The van der Waals surface area contributed by atoms with Crippen molar-refractivity contribution in [2.75, 3.05) is 26.1 Å². The molecule has 1 aliphatic rings. The summed E-state index contributed by atoms with van der Waals surface area (Å²) in [5.41, 5.74) is 0.611. The molecule has 24 heavy (non-hydrogen) atoms. The van der Waals surface area contributed by atoms with Crippen molar-refractivity contribution < 1.29 is 9.47 Å². The second-order valence-electron chi connectivity index (χ2n) is 5.80. The van der Waals surface area contributed by atoms with Crippen LogP contribution in [0.25, 0.3) is 11.0 Å². The Morgan fingerprint density at radius 3 is 2.83 bits per heavy atom. The Labute approximate surface area is 145 Å². The summed E-state index contributed by atoms with van der Waals surface area (Å²) in [4.78, 5) is 21.9. The lowest BCUT2D eigenvalue weighted by atomic mass is 10.2. The number of fused-ring (bicyclic) bond motifs is 1. The van der Waals surface area contributed by atoms with E-state index in [2.05, 4.69) is 9.97 Å². The van der Waals surface area contributed by atoms with E-state index < -0.39 is 0 Å². The quantitative estimate of drug-likeness (QED) is 0.435. The smallest absolute Gasteiger partial charge is 0.294 e. The second-order valence-corrected chi connectivity index (χ2v) is 6.58. The standard InChI is InChI=1S/C17H23N3O3S/c1-3-22-8-9-23-14-10-12-11-18-17(24-2)19-15(12)20(16(14)21)13-6-4-5-7-13/h10-11,13H,3-9H2,1-2H3. The maximum Gasteiger partial charge on any atom is 0.294 e. The Morgan fingerprint density at radius 2 is 2.12 bits per heavy atom. The Hall–Kier alpha value is -1.60. The molecule has 3 rings (SSSR count). The maximum atomic E-state index is 13.0. The number of aromatic nitrogens is 3. The Kier molecular flexibility index (Phi) is 5.73. The zero-order chi connectivity index (χ0) is 16.9. The highest BCUT2D eigenvalue weighted by molar-refractivity contribution is 7.98. The van der Waals surface area contributed by atoms with Crippen LogP contribution in [0.5, 0.6) is 5.75 Å². The highest BCUT2D eigenvalue weighted by Gasteiger charge is 2.23. The van der Waals surface area contributed by atoms with Crippen LogP contribution in [0, 0.1) is 0 Å². The van der Waals surface area contributed by atoms with E-state index in [1.807, 2.05) is 17.7 Å². The van der Waals surface area contributed by atoms with Gasteiger partial charge < -0.3 is 9.47 Å². The van der Waals surface area contributed by atoms with Gasteiger partial charge in [-0.15, -0.1) is 0 Å². The van der Waals surface area contributed by atoms with Gasteiger partial charge in [-0.1, -0.05) is 24.6 Å². The van der Waals surface area contributed by atoms with Gasteiger partial charge in [0.1, 0.15) is 12.3 Å². The number of rotatable bonds is 7. The molecule has 1 aliphatic carbocycles. The van der Waals surface area contributed by atoms with Gasteiger partial charge in [0.25, 0.3) is 5.56 Å². The molecule has 0 N–H and O–H groups in total. The molecule has 1 saturated carbocycles. The summed E-state index contributed by atoms with van der Waals surface area (Å²) in [5, 5.41) is 1.52. The summed E-state index contributed by atoms with van der Waals surface area (Å²) in [5.74, 6) is 0.356. The van der Waals surface area contributed by atoms with Crippen molar-refractivity contribution in [1.82, 2.24) is 14.5 Å². The normalized spacial score (nSPS) is 15.2. The number of hydrogen-bond donors (Lipinski definition) is 0. The summed E-state index contributed by atoms with van der Waals surface area (Å²) >= 11 is 1.48. The lowest BCUT2D eigenvalue weighted by Crippen LogP contribution is -2.26. The van der Waals surface area contributed by atoms with Crippen molar-refractivity contribution in [3.8, 4) is 5.75 Å². The minimum absolute atomic E-state index is 0.100. The first-order valence-electron chi connectivity index (χ1n) is 8.41. The Morgan fingerprint density at radius 1 is 1.33 bits per heavy atom. The number of ether oxygens (including phenoxy) is 2. The first-order chi connectivity index (χ1) is 11.7. The molecule has 0 bridgehead atoms. The highest BCUT2D eigenvalue weighted by atomic mass is 32.2. The number of pyridine rings is 1. The third-order valence-electron chi connectivity index (χ3n) is 4.28. The fourth-order valence-corrected chi connectivity index (χ4v) is 3.47.